The third kappa shape index (κ3) is 4.97. The molecule has 0 unspecified atom stereocenters. The molecule has 1 saturated carbocycles. The predicted octanol–water partition coefficient (Wildman–Crippen LogP) is 5.30. The van der Waals surface area contributed by atoms with Crippen LogP contribution in [0.4, 0.5) is 17.6 Å². The van der Waals surface area contributed by atoms with Crippen molar-refractivity contribution in [3.63, 3.8) is 0 Å². The smallest absolute Gasteiger partial charge is 0.451 e. The van der Waals surface area contributed by atoms with Gasteiger partial charge in [-0.1, -0.05) is 23.9 Å². The van der Waals surface area contributed by atoms with Crippen molar-refractivity contribution in [1.82, 2.24) is 24.5 Å². The number of carbonyl (C=O) groups is 1. The molecule has 5 rings (SSSR count). The highest BCUT2D eigenvalue weighted by Crippen LogP contribution is 2.41. The van der Waals surface area contributed by atoms with Crippen LogP contribution >= 0.6 is 11.8 Å². The Kier molecular flexibility index (Phi) is 5.91. The van der Waals surface area contributed by atoms with Gasteiger partial charge < -0.3 is 9.67 Å². The highest BCUT2D eigenvalue weighted by molar-refractivity contribution is 7.98. The first kappa shape index (κ1) is 23.2. The minimum Gasteiger partial charge on any atom is -0.481 e. The van der Waals surface area contributed by atoms with Gasteiger partial charge in [-0.25, -0.2) is 24.3 Å². The molecule has 3 heterocycles. The summed E-state index contributed by atoms with van der Waals surface area (Å²) in [5.74, 6) is -2.54. The van der Waals surface area contributed by atoms with E-state index in [0.717, 1.165) is 30.8 Å². The van der Waals surface area contributed by atoms with Crippen molar-refractivity contribution in [2.75, 3.05) is 0 Å². The number of hydrogen-bond donors (Lipinski definition) is 1. The summed E-state index contributed by atoms with van der Waals surface area (Å²) in [5, 5.41) is 9.37. The summed E-state index contributed by atoms with van der Waals surface area (Å²) in [7, 11) is 0. The number of carboxylic acids is 1. The van der Waals surface area contributed by atoms with Gasteiger partial charge in [-0.2, -0.15) is 13.2 Å². The highest BCUT2D eigenvalue weighted by atomic mass is 32.2. The molecule has 3 aromatic heterocycles. The average Bonchev–Trinajstić information content (AvgIpc) is 3.59. The van der Waals surface area contributed by atoms with Crippen LogP contribution in [-0.4, -0.2) is 35.6 Å². The predicted molar refractivity (Wildman–Crippen MR) is 119 cm³/mol. The van der Waals surface area contributed by atoms with Crippen LogP contribution in [0.5, 0.6) is 0 Å². The molecule has 0 spiro atoms. The molecular formula is C23H17F4N5O2S. The van der Waals surface area contributed by atoms with E-state index in [1.165, 1.54) is 23.9 Å². The monoisotopic (exact) mass is 503 g/mol. The van der Waals surface area contributed by atoms with Gasteiger partial charge in [0.15, 0.2) is 5.16 Å². The molecule has 180 valence electrons. The SMILES string of the molecule is O=C(O)Cc1cc(CSc2ncc3c(n2)c(-c2cnc(C(F)(F)F)nc2)cn3C2CC2)ccc1F. The van der Waals surface area contributed by atoms with Crippen molar-refractivity contribution >= 4 is 28.8 Å². The number of rotatable bonds is 7. The zero-order valence-corrected chi connectivity index (χ0v) is 18.8. The number of halogens is 4. The Morgan fingerprint density at radius 3 is 2.54 bits per heavy atom. The van der Waals surface area contributed by atoms with Crippen LogP contribution in [0.3, 0.4) is 0 Å². The van der Waals surface area contributed by atoms with Gasteiger partial charge >= 0.3 is 12.1 Å². The molecule has 1 aliphatic rings. The van der Waals surface area contributed by atoms with Crippen LogP contribution in [0.2, 0.25) is 0 Å². The third-order valence-electron chi connectivity index (χ3n) is 5.53. The van der Waals surface area contributed by atoms with Crippen molar-refractivity contribution < 1.29 is 27.5 Å². The van der Waals surface area contributed by atoms with Crippen molar-refractivity contribution in [3.05, 3.63) is 65.8 Å². The van der Waals surface area contributed by atoms with Crippen LogP contribution in [0, 0.1) is 5.82 Å². The van der Waals surface area contributed by atoms with Gasteiger partial charge in [0.05, 0.1) is 18.1 Å². The second-order valence-corrected chi connectivity index (χ2v) is 9.09. The maximum Gasteiger partial charge on any atom is 0.451 e. The fourth-order valence-corrected chi connectivity index (χ4v) is 4.49. The van der Waals surface area contributed by atoms with E-state index in [1.807, 2.05) is 10.8 Å². The summed E-state index contributed by atoms with van der Waals surface area (Å²) in [6, 6.07) is 4.59. The quantitative estimate of drug-likeness (QED) is 0.208. The number of fused-ring (bicyclic) bond motifs is 1. The Labute approximate surface area is 200 Å². The summed E-state index contributed by atoms with van der Waals surface area (Å²) >= 11 is 1.28. The molecule has 12 heteroatoms. The first-order valence-corrected chi connectivity index (χ1v) is 11.6. The van der Waals surface area contributed by atoms with Crippen LogP contribution < -0.4 is 0 Å². The lowest BCUT2D eigenvalue weighted by Crippen LogP contribution is -2.10. The van der Waals surface area contributed by atoms with Crippen LogP contribution in [0.15, 0.2) is 48.1 Å². The first-order valence-electron chi connectivity index (χ1n) is 10.6. The standard InChI is InChI=1S/C23H17F4N5O2S/c24-17-4-1-12(5-13(17)6-19(33)34)11-35-22-30-9-18-20(31-22)16(10-32(18)15-2-3-15)14-7-28-21(29-8-14)23(25,26)27/h1,4-5,7-10,15H,2-3,6,11H2,(H,33,34). The van der Waals surface area contributed by atoms with Gasteiger partial charge in [-0.15, -0.1) is 0 Å². The molecule has 0 radical (unpaired) electrons. The van der Waals surface area contributed by atoms with Gasteiger partial charge in [0.2, 0.25) is 5.82 Å². The lowest BCUT2D eigenvalue weighted by Gasteiger charge is -2.06. The van der Waals surface area contributed by atoms with Gasteiger partial charge in [0, 0.05) is 41.5 Å². The van der Waals surface area contributed by atoms with E-state index in [-0.39, 0.29) is 11.6 Å². The van der Waals surface area contributed by atoms with E-state index >= 15 is 0 Å². The maximum atomic E-state index is 13.9. The Morgan fingerprint density at radius 1 is 1.14 bits per heavy atom. The Morgan fingerprint density at radius 2 is 1.89 bits per heavy atom. The molecule has 0 atom stereocenters. The summed E-state index contributed by atoms with van der Waals surface area (Å²) in [5.41, 5.74) is 3.16. The Balaban J connectivity index is 1.45. The molecule has 1 fully saturated rings. The molecule has 1 aliphatic carbocycles. The molecule has 0 aliphatic heterocycles. The summed E-state index contributed by atoms with van der Waals surface area (Å²) in [6.07, 6.45) is 2.74. The number of alkyl halides is 3. The number of aromatic nitrogens is 5. The second kappa shape index (κ2) is 8.91. The molecule has 4 aromatic rings. The van der Waals surface area contributed by atoms with Crippen molar-refractivity contribution in [2.45, 2.75) is 42.4 Å². The molecule has 35 heavy (non-hydrogen) atoms. The second-order valence-electron chi connectivity index (χ2n) is 8.15. The summed E-state index contributed by atoms with van der Waals surface area (Å²) in [6.45, 7) is 0. The highest BCUT2D eigenvalue weighted by Gasteiger charge is 2.34. The van der Waals surface area contributed by atoms with E-state index in [9.17, 15) is 22.4 Å². The van der Waals surface area contributed by atoms with Crippen molar-refractivity contribution in [3.8, 4) is 11.1 Å². The largest absolute Gasteiger partial charge is 0.481 e. The van der Waals surface area contributed by atoms with Gasteiger partial charge in [0.25, 0.3) is 0 Å². The molecule has 1 N–H and O–H groups in total. The van der Waals surface area contributed by atoms with Crippen molar-refractivity contribution in [2.24, 2.45) is 0 Å². The number of carboxylic acid groups (broad SMARTS) is 1. The fourth-order valence-electron chi connectivity index (χ4n) is 3.73. The number of hydrogen-bond acceptors (Lipinski definition) is 6. The third-order valence-corrected chi connectivity index (χ3v) is 6.46. The Bertz CT molecular complexity index is 1420. The normalized spacial score (nSPS) is 13.9. The molecule has 1 aromatic carbocycles. The fraction of sp³-hybridized carbons (Fsp3) is 0.261. The molecule has 0 bridgehead atoms. The van der Waals surface area contributed by atoms with E-state index in [1.54, 1.807) is 12.3 Å². The molecule has 7 nitrogen and oxygen atoms in total. The van der Waals surface area contributed by atoms with E-state index < -0.39 is 30.2 Å². The van der Waals surface area contributed by atoms with Crippen LogP contribution in [0.25, 0.3) is 22.2 Å². The zero-order chi connectivity index (χ0) is 24.7. The number of aliphatic carboxylic acids is 1. The van der Waals surface area contributed by atoms with Crippen molar-refractivity contribution in [1.29, 1.82) is 0 Å². The van der Waals surface area contributed by atoms with Gasteiger partial charge in [-0.05, 0) is 30.0 Å². The lowest BCUT2D eigenvalue weighted by molar-refractivity contribution is -0.145. The first-order chi connectivity index (χ1) is 16.7. The summed E-state index contributed by atoms with van der Waals surface area (Å²) in [4.78, 5) is 26.9. The van der Waals surface area contributed by atoms with Gasteiger partial charge in [0.1, 0.15) is 11.3 Å². The van der Waals surface area contributed by atoms with Crippen LogP contribution in [0.1, 0.15) is 35.8 Å². The molecule has 0 saturated heterocycles. The van der Waals surface area contributed by atoms with Gasteiger partial charge in [-0.3, -0.25) is 4.79 Å². The van der Waals surface area contributed by atoms with E-state index in [2.05, 4.69) is 19.9 Å². The minimum absolute atomic E-state index is 0.0954. The minimum atomic E-state index is -4.63. The number of nitrogens with zero attached hydrogens (tertiary/aromatic N) is 5. The Hall–Kier alpha value is -3.54. The number of thioether (sulfide) groups is 1. The molecular weight excluding hydrogens is 486 g/mol. The topological polar surface area (TPSA) is 93.8 Å². The summed E-state index contributed by atoms with van der Waals surface area (Å²) < 4.78 is 54.5. The number of benzene rings is 1. The average molecular weight is 503 g/mol. The lowest BCUT2D eigenvalue weighted by atomic mass is 10.1. The van der Waals surface area contributed by atoms with E-state index in [4.69, 9.17) is 5.11 Å². The van der Waals surface area contributed by atoms with Crippen LogP contribution in [-0.2, 0) is 23.1 Å². The zero-order valence-electron chi connectivity index (χ0n) is 18.0. The maximum absolute atomic E-state index is 13.9. The van der Waals surface area contributed by atoms with E-state index in [0.29, 0.717) is 33.1 Å². The molecule has 0 amide bonds.